The fourth-order valence-electron chi connectivity index (χ4n) is 2.51. The van der Waals surface area contributed by atoms with Crippen LogP contribution in [-0.4, -0.2) is 41.0 Å². The summed E-state index contributed by atoms with van der Waals surface area (Å²) in [4.78, 5) is 12.5. The summed E-state index contributed by atoms with van der Waals surface area (Å²) in [6.07, 6.45) is 2.34. The number of carbonyl (C=O) groups excluding carboxylic acids is 1. The highest BCUT2D eigenvalue weighted by atomic mass is 16.5. The van der Waals surface area contributed by atoms with Crippen LogP contribution in [0.2, 0.25) is 0 Å². The summed E-state index contributed by atoms with van der Waals surface area (Å²) in [5.41, 5.74) is 7.08. The van der Waals surface area contributed by atoms with Crippen LogP contribution in [-0.2, 0) is 17.7 Å². The summed E-state index contributed by atoms with van der Waals surface area (Å²) in [6.45, 7) is 6.42. The third-order valence-corrected chi connectivity index (χ3v) is 3.94. The van der Waals surface area contributed by atoms with Crippen LogP contribution >= 0.6 is 0 Å². The third-order valence-electron chi connectivity index (χ3n) is 3.94. The Balaban J connectivity index is 2.16. The highest BCUT2D eigenvalue weighted by Crippen LogP contribution is 2.20. The van der Waals surface area contributed by atoms with Crippen molar-refractivity contribution in [2.45, 2.75) is 45.2 Å². The predicted octanol–water partition coefficient (Wildman–Crippen LogP) is 0.703. The van der Waals surface area contributed by atoms with E-state index in [1.54, 1.807) is 4.68 Å². The third kappa shape index (κ3) is 3.02. The molecule has 0 aliphatic carbocycles. The number of aromatic nitrogens is 2. The normalized spacial score (nSPS) is 17.9. The van der Waals surface area contributed by atoms with E-state index in [1.807, 2.05) is 19.9 Å². The van der Waals surface area contributed by atoms with E-state index >= 15 is 0 Å². The summed E-state index contributed by atoms with van der Waals surface area (Å²) in [5.74, 6) is -0.0913. The molecule has 6 nitrogen and oxygen atoms in total. The molecule has 0 unspecified atom stereocenters. The van der Waals surface area contributed by atoms with E-state index < -0.39 is 0 Å². The van der Waals surface area contributed by atoms with Crippen LogP contribution < -0.4 is 11.1 Å². The molecule has 1 amide bonds. The Morgan fingerprint density at radius 3 is 2.75 bits per heavy atom. The molecular formula is C14H24N4O2. The fourth-order valence-corrected chi connectivity index (χ4v) is 2.51. The topological polar surface area (TPSA) is 82.2 Å². The molecule has 0 atom stereocenters. The summed E-state index contributed by atoms with van der Waals surface area (Å²) in [6, 6.07) is 1.86. The molecule has 2 heterocycles. The van der Waals surface area contributed by atoms with Crippen LogP contribution in [0.5, 0.6) is 0 Å². The number of amides is 1. The maximum atomic E-state index is 12.5. The second kappa shape index (κ2) is 6.37. The molecule has 6 heteroatoms. The summed E-state index contributed by atoms with van der Waals surface area (Å²) in [5, 5.41) is 7.52. The number of nitrogens with one attached hydrogen (secondary N) is 1. The summed E-state index contributed by atoms with van der Waals surface area (Å²) >= 11 is 0. The first-order valence-electron chi connectivity index (χ1n) is 7.31. The Labute approximate surface area is 119 Å². The average molecular weight is 280 g/mol. The molecule has 112 valence electrons. The zero-order chi connectivity index (χ0) is 14.6. The standard InChI is InChI=1S/C14H24N4O2/c1-3-11-9-12(18(4-2)17-11)13(19)16-14(10-15)5-7-20-8-6-14/h9H,3-8,10,15H2,1-2H3,(H,16,19). The van der Waals surface area contributed by atoms with E-state index in [0.29, 0.717) is 32.0 Å². The SMILES string of the molecule is CCc1cc(C(=O)NC2(CN)CCOCC2)n(CC)n1. The van der Waals surface area contributed by atoms with Crippen molar-refractivity contribution in [2.75, 3.05) is 19.8 Å². The molecule has 0 saturated carbocycles. The average Bonchev–Trinajstić information content (AvgIpc) is 2.91. The van der Waals surface area contributed by atoms with Gasteiger partial charge in [-0.3, -0.25) is 9.48 Å². The first kappa shape index (κ1) is 15.0. The molecule has 1 aromatic heterocycles. The van der Waals surface area contributed by atoms with Crippen LogP contribution in [0.4, 0.5) is 0 Å². The van der Waals surface area contributed by atoms with E-state index in [1.165, 1.54) is 0 Å². The Morgan fingerprint density at radius 1 is 1.50 bits per heavy atom. The lowest BCUT2D eigenvalue weighted by molar-refractivity contribution is 0.0385. The molecule has 20 heavy (non-hydrogen) atoms. The minimum absolute atomic E-state index is 0.0913. The van der Waals surface area contributed by atoms with Crippen LogP contribution in [0.3, 0.4) is 0 Å². The maximum Gasteiger partial charge on any atom is 0.270 e. The molecule has 1 aliphatic rings. The predicted molar refractivity (Wildman–Crippen MR) is 76.6 cm³/mol. The van der Waals surface area contributed by atoms with Crippen LogP contribution in [0.15, 0.2) is 6.07 Å². The Kier molecular flexibility index (Phi) is 4.77. The first-order valence-corrected chi connectivity index (χ1v) is 7.31. The number of hydrogen-bond donors (Lipinski definition) is 2. The van der Waals surface area contributed by atoms with Gasteiger partial charge < -0.3 is 15.8 Å². The van der Waals surface area contributed by atoms with Gasteiger partial charge in [-0.1, -0.05) is 6.92 Å². The summed E-state index contributed by atoms with van der Waals surface area (Å²) in [7, 11) is 0. The number of carbonyl (C=O) groups is 1. The fraction of sp³-hybridized carbons (Fsp3) is 0.714. The van der Waals surface area contributed by atoms with Gasteiger partial charge in [-0.05, 0) is 32.3 Å². The lowest BCUT2D eigenvalue weighted by atomic mass is 9.90. The lowest BCUT2D eigenvalue weighted by Gasteiger charge is -2.36. The van der Waals surface area contributed by atoms with Crippen molar-refractivity contribution in [3.8, 4) is 0 Å². The molecule has 0 spiro atoms. The van der Waals surface area contributed by atoms with Gasteiger partial charge in [0.25, 0.3) is 5.91 Å². The molecule has 0 aromatic carbocycles. The highest BCUT2D eigenvalue weighted by molar-refractivity contribution is 5.93. The van der Waals surface area contributed by atoms with Gasteiger partial charge in [0.1, 0.15) is 5.69 Å². The van der Waals surface area contributed by atoms with Gasteiger partial charge in [-0.25, -0.2) is 0 Å². The summed E-state index contributed by atoms with van der Waals surface area (Å²) < 4.78 is 7.10. The second-order valence-electron chi connectivity index (χ2n) is 5.24. The molecule has 3 N–H and O–H groups in total. The zero-order valence-electron chi connectivity index (χ0n) is 12.3. The van der Waals surface area contributed by atoms with E-state index in [4.69, 9.17) is 10.5 Å². The van der Waals surface area contributed by atoms with Crippen molar-refractivity contribution in [1.82, 2.24) is 15.1 Å². The van der Waals surface area contributed by atoms with Gasteiger partial charge in [0.15, 0.2) is 0 Å². The van der Waals surface area contributed by atoms with Crippen molar-refractivity contribution in [3.63, 3.8) is 0 Å². The number of nitrogens with two attached hydrogens (primary N) is 1. The molecule has 1 aromatic rings. The molecule has 1 saturated heterocycles. The van der Waals surface area contributed by atoms with E-state index in [2.05, 4.69) is 10.4 Å². The molecule has 0 bridgehead atoms. The molecule has 0 radical (unpaired) electrons. The largest absolute Gasteiger partial charge is 0.381 e. The first-order chi connectivity index (χ1) is 9.64. The van der Waals surface area contributed by atoms with E-state index in [9.17, 15) is 4.79 Å². The Morgan fingerprint density at radius 2 is 2.20 bits per heavy atom. The molecule has 1 aliphatic heterocycles. The molecule has 2 rings (SSSR count). The van der Waals surface area contributed by atoms with Crippen molar-refractivity contribution in [2.24, 2.45) is 5.73 Å². The second-order valence-corrected chi connectivity index (χ2v) is 5.24. The monoisotopic (exact) mass is 280 g/mol. The lowest BCUT2D eigenvalue weighted by Crippen LogP contribution is -2.56. The zero-order valence-corrected chi connectivity index (χ0v) is 12.3. The van der Waals surface area contributed by atoms with Gasteiger partial charge in [0, 0.05) is 26.3 Å². The van der Waals surface area contributed by atoms with Crippen molar-refractivity contribution in [3.05, 3.63) is 17.5 Å². The number of ether oxygens (including phenoxy) is 1. The number of rotatable bonds is 5. The van der Waals surface area contributed by atoms with Gasteiger partial charge in [-0.2, -0.15) is 5.10 Å². The van der Waals surface area contributed by atoms with Gasteiger partial charge >= 0.3 is 0 Å². The van der Waals surface area contributed by atoms with Crippen LogP contribution in [0, 0.1) is 0 Å². The van der Waals surface area contributed by atoms with Gasteiger partial charge in [-0.15, -0.1) is 0 Å². The Bertz CT molecular complexity index is 464. The van der Waals surface area contributed by atoms with Crippen LogP contribution in [0.25, 0.3) is 0 Å². The minimum atomic E-state index is -0.343. The molecule has 1 fully saturated rings. The number of nitrogens with zero attached hydrogens (tertiary/aromatic N) is 2. The van der Waals surface area contributed by atoms with E-state index in [0.717, 1.165) is 25.0 Å². The smallest absolute Gasteiger partial charge is 0.270 e. The Hall–Kier alpha value is -1.40. The number of hydrogen-bond acceptors (Lipinski definition) is 4. The quantitative estimate of drug-likeness (QED) is 0.832. The van der Waals surface area contributed by atoms with Crippen LogP contribution in [0.1, 0.15) is 42.9 Å². The number of aryl methyl sites for hydroxylation is 2. The van der Waals surface area contributed by atoms with Crippen molar-refractivity contribution >= 4 is 5.91 Å². The maximum absolute atomic E-state index is 12.5. The van der Waals surface area contributed by atoms with Crippen molar-refractivity contribution in [1.29, 1.82) is 0 Å². The van der Waals surface area contributed by atoms with Crippen molar-refractivity contribution < 1.29 is 9.53 Å². The van der Waals surface area contributed by atoms with Gasteiger partial charge in [0.2, 0.25) is 0 Å². The van der Waals surface area contributed by atoms with Gasteiger partial charge in [0.05, 0.1) is 11.2 Å². The minimum Gasteiger partial charge on any atom is -0.381 e. The molecular weight excluding hydrogens is 256 g/mol. The highest BCUT2D eigenvalue weighted by Gasteiger charge is 2.33. The van der Waals surface area contributed by atoms with E-state index in [-0.39, 0.29) is 11.4 Å².